The van der Waals surface area contributed by atoms with Gasteiger partial charge in [-0.15, -0.1) is 0 Å². The third kappa shape index (κ3) is 4.52. The van der Waals surface area contributed by atoms with Gasteiger partial charge in [0.05, 0.1) is 17.7 Å². The molecule has 0 N–H and O–H groups in total. The number of fused-ring (bicyclic) bond motifs is 3. The Labute approximate surface area is 199 Å². The third-order valence-corrected chi connectivity index (χ3v) is 8.39. The van der Waals surface area contributed by atoms with Gasteiger partial charge in [-0.2, -0.15) is 10.5 Å². The van der Waals surface area contributed by atoms with Crippen molar-refractivity contribution in [1.29, 1.82) is 10.5 Å². The van der Waals surface area contributed by atoms with Crippen LogP contribution in [0.5, 0.6) is 5.75 Å². The van der Waals surface area contributed by atoms with E-state index in [0.29, 0.717) is 23.1 Å². The molecule has 2 aromatic rings. The summed E-state index contributed by atoms with van der Waals surface area (Å²) >= 11 is 0. The first kappa shape index (κ1) is 23.4. The van der Waals surface area contributed by atoms with E-state index in [9.17, 15) is 10.5 Å². The monoisotopic (exact) mass is 440 g/mol. The van der Waals surface area contributed by atoms with Gasteiger partial charge in [-0.1, -0.05) is 57.4 Å². The van der Waals surface area contributed by atoms with E-state index in [1.807, 2.05) is 24.3 Å². The van der Waals surface area contributed by atoms with Gasteiger partial charge in [-0.25, -0.2) is 0 Å². The van der Waals surface area contributed by atoms with Crippen molar-refractivity contribution in [3.8, 4) is 29.0 Å². The van der Waals surface area contributed by atoms with E-state index < -0.39 is 0 Å². The van der Waals surface area contributed by atoms with Gasteiger partial charge in [0.25, 0.3) is 0 Å². The highest BCUT2D eigenvalue weighted by Gasteiger charge is 2.49. The topological polar surface area (TPSA) is 56.8 Å². The molecular weight excluding hydrogens is 404 g/mol. The number of rotatable bonds is 9. The summed E-state index contributed by atoms with van der Waals surface area (Å²) in [6.45, 7) is 5.15. The molecule has 3 nitrogen and oxygen atoms in total. The molecule has 3 saturated carbocycles. The number of unbranched alkanes of at least 4 members (excludes halogenated alkanes) is 2. The lowest BCUT2D eigenvalue weighted by molar-refractivity contribution is 0.0307. The van der Waals surface area contributed by atoms with E-state index in [0.717, 1.165) is 54.5 Å². The van der Waals surface area contributed by atoms with Crippen LogP contribution in [-0.4, -0.2) is 6.61 Å². The Morgan fingerprint density at radius 1 is 0.788 bits per heavy atom. The normalized spacial score (nSPS) is 23.6. The molecule has 0 heterocycles. The number of benzene rings is 2. The third-order valence-electron chi connectivity index (χ3n) is 8.39. The Morgan fingerprint density at radius 3 is 2.00 bits per heavy atom. The minimum Gasteiger partial charge on any atom is -0.494 e. The summed E-state index contributed by atoms with van der Waals surface area (Å²) < 4.78 is 5.78. The van der Waals surface area contributed by atoms with Gasteiger partial charge in [0.1, 0.15) is 17.9 Å². The van der Waals surface area contributed by atoms with Crippen molar-refractivity contribution in [2.45, 2.75) is 89.9 Å². The first-order valence-electron chi connectivity index (χ1n) is 12.8. The lowest BCUT2D eigenvalue weighted by Gasteiger charge is -2.54. The second-order valence-corrected chi connectivity index (χ2v) is 10.2. The second-order valence-electron chi connectivity index (χ2n) is 10.2. The van der Waals surface area contributed by atoms with E-state index in [1.165, 1.54) is 38.5 Å². The quantitative estimate of drug-likeness (QED) is 0.370. The zero-order valence-electron chi connectivity index (χ0n) is 20.3. The van der Waals surface area contributed by atoms with Crippen LogP contribution in [0.1, 0.15) is 101 Å². The van der Waals surface area contributed by atoms with Crippen molar-refractivity contribution in [3.63, 3.8) is 0 Å². The standard InChI is InChI=1S/C30H36N2O/c1-3-5-13-29-14-17-30(18-15-29,19-16-29)28-12-11-25(26(21-31)27(28)22-32)23-7-9-24(10-8-23)33-20-6-4-2/h7-12H,3-6,13-20H2,1-2H3. The molecule has 5 rings (SSSR count). The minimum atomic E-state index is 0.0696. The van der Waals surface area contributed by atoms with Crippen LogP contribution in [0.3, 0.4) is 0 Å². The number of hydrogen-bond donors (Lipinski definition) is 0. The van der Waals surface area contributed by atoms with E-state index in [2.05, 4.69) is 38.1 Å². The minimum absolute atomic E-state index is 0.0696. The Bertz CT molecular complexity index is 1030. The SMILES string of the molecule is CCCCOc1ccc(-c2ccc(C34CCC(CCCC)(CC3)CC4)c(C#N)c2C#N)cc1. The maximum absolute atomic E-state index is 10.2. The van der Waals surface area contributed by atoms with Gasteiger partial charge < -0.3 is 4.74 Å². The number of nitriles is 2. The molecular formula is C30H36N2O. The lowest BCUT2D eigenvalue weighted by Crippen LogP contribution is -2.44. The van der Waals surface area contributed by atoms with E-state index in [1.54, 1.807) is 0 Å². The molecule has 172 valence electrons. The fraction of sp³-hybridized carbons (Fsp3) is 0.533. The van der Waals surface area contributed by atoms with Crippen molar-refractivity contribution in [2.24, 2.45) is 5.41 Å². The fourth-order valence-corrected chi connectivity index (χ4v) is 6.18. The van der Waals surface area contributed by atoms with Gasteiger partial charge in [0.15, 0.2) is 0 Å². The highest BCUT2D eigenvalue weighted by molar-refractivity contribution is 5.75. The zero-order valence-corrected chi connectivity index (χ0v) is 20.3. The summed E-state index contributed by atoms with van der Waals surface area (Å²) in [5, 5.41) is 20.3. The van der Waals surface area contributed by atoms with Gasteiger partial charge >= 0.3 is 0 Å². The molecule has 3 fully saturated rings. The summed E-state index contributed by atoms with van der Waals surface area (Å²) in [7, 11) is 0. The Hall–Kier alpha value is -2.78. The Kier molecular flexibility index (Phi) is 7.09. The predicted octanol–water partition coefficient (Wildman–Crippen LogP) is 8.06. The van der Waals surface area contributed by atoms with Crippen LogP contribution in [0.15, 0.2) is 36.4 Å². The number of nitrogens with zero attached hydrogens (tertiary/aromatic N) is 2. The van der Waals surface area contributed by atoms with Gasteiger partial charge in [0.2, 0.25) is 0 Å². The van der Waals surface area contributed by atoms with Crippen LogP contribution in [0.2, 0.25) is 0 Å². The second kappa shape index (κ2) is 10.0. The van der Waals surface area contributed by atoms with Gasteiger partial charge in [0, 0.05) is 5.56 Å². The zero-order chi connectivity index (χ0) is 23.3. The molecule has 0 amide bonds. The molecule has 3 aliphatic carbocycles. The first-order valence-corrected chi connectivity index (χ1v) is 12.8. The lowest BCUT2D eigenvalue weighted by atomic mass is 9.50. The van der Waals surface area contributed by atoms with E-state index in [4.69, 9.17) is 4.74 Å². The van der Waals surface area contributed by atoms with Crippen LogP contribution in [-0.2, 0) is 5.41 Å². The molecule has 3 heteroatoms. The molecule has 0 aliphatic heterocycles. The van der Waals surface area contributed by atoms with Crippen LogP contribution in [0, 0.1) is 28.1 Å². The maximum atomic E-state index is 10.2. The van der Waals surface area contributed by atoms with E-state index in [-0.39, 0.29) is 5.41 Å². The highest BCUT2D eigenvalue weighted by Crippen LogP contribution is 2.60. The molecule has 3 aliphatic rings. The molecule has 0 atom stereocenters. The van der Waals surface area contributed by atoms with Crippen molar-refractivity contribution in [3.05, 3.63) is 53.1 Å². The molecule has 33 heavy (non-hydrogen) atoms. The summed E-state index contributed by atoms with van der Waals surface area (Å²) in [5.74, 6) is 0.845. The van der Waals surface area contributed by atoms with Crippen molar-refractivity contribution in [2.75, 3.05) is 6.61 Å². The largest absolute Gasteiger partial charge is 0.494 e. The summed E-state index contributed by atoms with van der Waals surface area (Å²) in [4.78, 5) is 0. The molecule has 0 aromatic heterocycles. The van der Waals surface area contributed by atoms with Crippen LogP contribution in [0.4, 0.5) is 0 Å². The van der Waals surface area contributed by atoms with Crippen molar-refractivity contribution < 1.29 is 4.74 Å². The van der Waals surface area contributed by atoms with Crippen LogP contribution < -0.4 is 4.74 Å². The van der Waals surface area contributed by atoms with Gasteiger partial charge in [-0.05, 0) is 85.5 Å². The predicted molar refractivity (Wildman–Crippen MR) is 133 cm³/mol. The molecule has 0 spiro atoms. The molecule has 0 saturated heterocycles. The average molecular weight is 441 g/mol. The van der Waals surface area contributed by atoms with Crippen LogP contribution >= 0.6 is 0 Å². The van der Waals surface area contributed by atoms with Crippen molar-refractivity contribution in [1.82, 2.24) is 0 Å². The average Bonchev–Trinajstić information content (AvgIpc) is 2.88. The summed E-state index contributed by atoms with van der Waals surface area (Å²) in [6, 6.07) is 17.0. The van der Waals surface area contributed by atoms with E-state index >= 15 is 0 Å². The van der Waals surface area contributed by atoms with Crippen LogP contribution in [0.25, 0.3) is 11.1 Å². The van der Waals surface area contributed by atoms with Gasteiger partial charge in [-0.3, -0.25) is 0 Å². The summed E-state index contributed by atoms with van der Waals surface area (Å²) in [6.07, 6.45) is 13.3. The molecule has 0 radical (unpaired) electrons. The first-order chi connectivity index (χ1) is 16.1. The summed E-state index contributed by atoms with van der Waals surface area (Å²) in [5.41, 5.74) is 4.65. The van der Waals surface area contributed by atoms with Crippen molar-refractivity contribution >= 4 is 0 Å². The maximum Gasteiger partial charge on any atom is 0.119 e. The molecule has 2 aromatic carbocycles. The highest BCUT2D eigenvalue weighted by atomic mass is 16.5. The number of hydrogen-bond acceptors (Lipinski definition) is 3. The fourth-order valence-electron chi connectivity index (χ4n) is 6.18. The molecule has 0 unspecified atom stereocenters. The smallest absolute Gasteiger partial charge is 0.119 e. The molecule has 2 bridgehead atoms. The Balaban J connectivity index is 1.62. The Morgan fingerprint density at radius 2 is 1.42 bits per heavy atom. The number of ether oxygens (including phenoxy) is 1.